The Kier molecular flexibility index (Phi) is 6.75. The summed E-state index contributed by atoms with van der Waals surface area (Å²) in [5.41, 5.74) is 0.0810. The number of nitrogens with one attached hydrogen (secondary N) is 1. The van der Waals surface area contributed by atoms with Crippen molar-refractivity contribution in [2.45, 2.75) is 13.0 Å². The molecule has 0 saturated carbocycles. The van der Waals surface area contributed by atoms with E-state index in [1.807, 2.05) is 12.1 Å². The van der Waals surface area contributed by atoms with Crippen LogP contribution < -0.4 is 16.6 Å². The van der Waals surface area contributed by atoms with Gasteiger partial charge in [0.05, 0.1) is 12.2 Å². The quantitative estimate of drug-likeness (QED) is 0.456. The zero-order valence-corrected chi connectivity index (χ0v) is 18.3. The fourth-order valence-electron chi connectivity index (χ4n) is 3.29. The summed E-state index contributed by atoms with van der Waals surface area (Å²) in [6.07, 6.45) is 2.16. The predicted molar refractivity (Wildman–Crippen MR) is 125 cm³/mol. The molecule has 4 aromatic rings. The Morgan fingerprint density at radius 1 is 0.970 bits per heavy atom. The van der Waals surface area contributed by atoms with E-state index in [4.69, 9.17) is 11.6 Å². The summed E-state index contributed by atoms with van der Waals surface area (Å²) < 4.78 is 2.04. The van der Waals surface area contributed by atoms with Crippen molar-refractivity contribution in [2.24, 2.45) is 0 Å². The van der Waals surface area contributed by atoms with Gasteiger partial charge in [0, 0.05) is 29.9 Å². The second kappa shape index (κ2) is 10.1. The number of aromatic nitrogens is 4. The summed E-state index contributed by atoms with van der Waals surface area (Å²) in [6.45, 7) is 0.206. The first-order chi connectivity index (χ1) is 16.0. The third-order valence-electron chi connectivity index (χ3n) is 4.90. The Balaban J connectivity index is 1.70. The number of pyridine rings is 1. The monoisotopic (exact) mass is 461 g/mol. The van der Waals surface area contributed by atoms with E-state index in [1.165, 1.54) is 0 Å². The van der Waals surface area contributed by atoms with E-state index in [0.717, 1.165) is 14.9 Å². The summed E-state index contributed by atoms with van der Waals surface area (Å²) >= 11 is 6.05. The van der Waals surface area contributed by atoms with E-state index < -0.39 is 17.2 Å². The number of hydrogen-bond donors (Lipinski definition) is 1. The summed E-state index contributed by atoms with van der Waals surface area (Å²) in [4.78, 5) is 43.3. The fourth-order valence-corrected chi connectivity index (χ4v) is 3.50. The van der Waals surface area contributed by atoms with E-state index in [1.54, 1.807) is 66.9 Å². The van der Waals surface area contributed by atoms with Gasteiger partial charge in [0.1, 0.15) is 0 Å². The van der Waals surface area contributed by atoms with Crippen LogP contribution in [-0.2, 0) is 13.0 Å². The fraction of sp³-hybridized carbons (Fsp3) is 0.125. The zero-order chi connectivity index (χ0) is 23.2. The average molecular weight is 462 g/mol. The van der Waals surface area contributed by atoms with Crippen LogP contribution in [0.4, 0.5) is 0 Å². The van der Waals surface area contributed by atoms with Crippen LogP contribution in [0.3, 0.4) is 0 Å². The number of hydrogen-bond acceptors (Lipinski definition) is 5. The molecule has 0 bridgehead atoms. The largest absolute Gasteiger partial charge is 0.352 e. The molecule has 166 valence electrons. The van der Waals surface area contributed by atoms with Gasteiger partial charge in [-0.1, -0.05) is 48.0 Å². The van der Waals surface area contributed by atoms with Crippen LogP contribution in [0.15, 0.2) is 88.6 Å². The highest BCUT2D eigenvalue weighted by atomic mass is 35.5. The minimum atomic E-state index is -0.775. The van der Waals surface area contributed by atoms with Gasteiger partial charge in [-0.05, 0) is 42.0 Å². The van der Waals surface area contributed by atoms with Gasteiger partial charge in [-0.15, -0.1) is 0 Å². The van der Waals surface area contributed by atoms with Crippen molar-refractivity contribution in [3.05, 3.63) is 122 Å². The number of para-hydroxylation sites is 1. The van der Waals surface area contributed by atoms with Crippen molar-refractivity contribution in [3.8, 4) is 5.69 Å². The molecule has 0 saturated heterocycles. The van der Waals surface area contributed by atoms with Gasteiger partial charge in [-0.2, -0.15) is 9.78 Å². The number of benzene rings is 2. The van der Waals surface area contributed by atoms with Crippen LogP contribution in [0, 0.1) is 0 Å². The number of halogens is 1. The Morgan fingerprint density at radius 3 is 2.48 bits per heavy atom. The molecule has 1 N–H and O–H groups in total. The van der Waals surface area contributed by atoms with Crippen LogP contribution in [0.25, 0.3) is 5.69 Å². The maximum atomic E-state index is 13.1. The Bertz CT molecular complexity index is 1380. The van der Waals surface area contributed by atoms with Crippen molar-refractivity contribution in [1.29, 1.82) is 0 Å². The molecule has 2 aromatic carbocycles. The maximum absolute atomic E-state index is 13.1. The van der Waals surface area contributed by atoms with Crippen molar-refractivity contribution in [2.75, 3.05) is 6.54 Å². The molecule has 0 aliphatic carbocycles. The molecule has 4 rings (SSSR count). The molecule has 9 heteroatoms. The molecular weight excluding hydrogens is 442 g/mol. The molecule has 2 aromatic heterocycles. The summed E-state index contributed by atoms with van der Waals surface area (Å²) in [5, 5.41) is 7.28. The highest BCUT2D eigenvalue weighted by molar-refractivity contribution is 6.30. The Labute approximate surface area is 194 Å². The van der Waals surface area contributed by atoms with Crippen molar-refractivity contribution in [1.82, 2.24) is 24.6 Å². The highest BCUT2D eigenvalue weighted by Crippen LogP contribution is 2.11. The van der Waals surface area contributed by atoms with Gasteiger partial charge in [-0.3, -0.25) is 19.1 Å². The van der Waals surface area contributed by atoms with Gasteiger partial charge in [0.15, 0.2) is 0 Å². The van der Waals surface area contributed by atoms with E-state index in [9.17, 15) is 14.4 Å². The smallest absolute Gasteiger partial charge is 0.350 e. The van der Waals surface area contributed by atoms with Gasteiger partial charge in [0.25, 0.3) is 11.5 Å². The third-order valence-corrected chi connectivity index (χ3v) is 5.13. The lowest BCUT2D eigenvalue weighted by Gasteiger charge is -2.12. The lowest BCUT2D eigenvalue weighted by atomic mass is 10.2. The third kappa shape index (κ3) is 5.24. The van der Waals surface area contributed by atoms with Gasteiger partial charge >= 0.3 is 5.69 Å². The molecule has 2 heterocycles. The molecule has 33 heavy (non-hydrogen) atoms. The molecule has 1 amide bonds. The number of amides is 1. The lowest BCUT2D eigenvalue weighted by molar-refractivity contribution is 0.0944. The SMILES string of the molecule is O=C(NCCc1ccccn1)c1nn(-c2ccccc2)c(=O)n(Cc2cccc(Cl)c2)c1=O. The van der Waals surface area contributed by atoms with Crippen LogP contribution >= 0.6 is 11.6 Å². The Morgan fingerprint density at radius 2 is 1.76 bits per heavy atom. The maximum Gasteiger partial charge on any atom is 0.352 e. The molecule has 0 aliphatic heterocycles. The van der Waals surface area contributed by atoms with Crippen molar-refractivity contribution < 1.29 is 4.79 Å². The minimum Gasteiger partial charge on any atom is -0.350 e. The predicted octanol–water partition coefficient (Wildman–Crippen LogP) is 2.46. The molecular formula is C24H20ClN5O3. The van der Waals surface area contributed by atoms with Crippen molar-refractivity contribution >= 4 is 17.5 Å². The summed E-state index contributed by atoms with van der Waals surface area (Å²) in [5.74, 6) is -0.666. The van der Waals surface area contributed by atoms with Crippen LogP contribution in [0.5, 0.6) is 0 Å². The summed E-state index contributed by atoms with van der Waals surface area (Å²) in [7, 11) is 0. The van der Waals surface area contributed by atoms with Crippen LogP contribution in [-0.4, -0.2) is 31.8 Å². The van der Waals surface area contributed by atoms with E-state index >= 15 is 0 Å². The van der Waals surface area contributed by atoms with E-state index in [0.29, 0.717) is 22.7 Å². The van der Waals surface area contributed by atoms with Gasteiger partial charge in [0.2, 0.25) is 5.69 Å². The van der Waals surface area contributed by atoms with E-state index in [2.05, 4.69) is 15.4 Å². The molecule has 8 nitrogen and oxygen atoms in total. The van der Waals surface area contributed by atoms with Gasteiger partial charge < -0.3 is 5.32 Å². The van der Waals surface area contributed by atoms with Gasteiger partial charge in [-0.25, -0.2) is 4.79 Å². The highest BCUT2D eigenvalue weighted by Gasteiger charge is 2.20. The second-order valence-electron chi connectivity index (χ2n) is 7.23. The number of nitrogens with zero attached hydrogens (tertiary/aromatic N) is 4. The number of carbonyl (C=O) groups excluding carboxylic acids is 1. The first-order valence-corrected chi connectivity index (χ1v) is 10.6. The molecule has 0 spiro atoms. The normalized spacial score (nSPS) is 10.7. The Hall–Kier alpha value is -4.04. The molecule has 0 aliphatic rings. The van der Waals surface area contributed by atoms with Crippen LogP contribution in [0.1, 0.15) is 21.7 Å². The van der Waals surface area contributed by atoms with Crippen LogP contribution in [0.2, 0.25) is 5.02 Å². The first kappa shape index (κ1) is 22.2. The summed E-state index contributed by atoms with van der Waals surface area (Å²) in [6, 6.07) is 21.0. The van der Waals surface area contributed by atoms with Crippen molar-refractivity contribution in [3.63, 3.8) is 0 Å². The first-order valence-electron chi connectivity index (χ1n) is 10.2. The van der Waals surface area contributed by atoms with E-state index in [-0.39, 0.29) is 18.8 Å². The molecule has 0 unspecified atom stereocenters. The molecule has 0 atom stereocenters. The lowest BCUT2D eigenvalue weighted by Crippen LogP contribution is -2.46. The molecule has 0 fully saturated rings. The zero-order valence-electron chi connectivity index (χ0n) is 17.5. The standard InChI is InChI=1S/C24H20ClN5O3/c25-18-8-6-7-17(15-18)16-29-23(32)21(22(31)27-14-12-19-9-4-5-13-26-19)28-30(24(29)33)20-10-2-1-3-11-20/h1-11,13,15H,12,14,16H2,(H,27,31). The average Bonchev–Trinajstić information content (AvgIpc) is 2.83. The molecule has 0 radical (unpaired) electrons. The number of rotatable bonds is 7. The topological polar surface area (TPSA) is 98.9 Å². The number of carbonyl (C=O) groups is 1. The second-order valence-corrected chi connectivity index (χ2v) is 7.66. The minimum absolute atomic E-state index is 0.0538.